The number of para-hydroxylation sites is 3. The van der Waals surface area contributed by atoms with Gasteiger partial charge in [0.25, 0.3) is 0 Å². The maximum absolute atomic E-state index is 13.1. The Kier molecular flexibility index (Phi) is 32.1. The van der Waals surface area contributed by atoms with E-state index in [4.69, 9.17) is 49.3 Å². The average molecular weight is 1870 g/mol. The second-order valence-electron chi connectivity index (χ2n) is 36.2. The van der Waals surface area contributed by atoms with E-state index in [1.165, 1.54) is 41.6 Å². The summed E-state index contributed by atoms with van der Waals surface area (Å²) in [7, 11) is -10.6. The van der Waals surface area contributed by atoms with E-state index in [0.717, 1.165) is 117 Å². The number of nitrogens with zero attached hydrogens (tertiary/aromatic N) is 9. The molecule has 6 aromatic heterocycles. The molecular formula is C99H128N18O13S3. The van der Waals surface area contributed by atoms with Crippen molar-refractivity contribution in [2.45, 2.75) is 235 Å². The summed E-state index contributed by atoms with van der Waals surface area (Å²) in [6.45, 7) is 37.8. The zero-order chi connectivity index (χ0) is 95.3. The van der Waals surface area contributed by atoms with Gasteiger partial charge in [-0.25, -0.2) is 25.3 Å². The lowest BCUT2D eigenvalue weighted by atomic mass is 9.86. The number of anilines is 12. The Morgan fingerprint density at radius 2 is 0.684 bits per heavy atom. The highest BCUT2D eigenvalue weighted by molar-refractivity contribution is 7.92. The molecule has 9 heterocycles. The second-order valence-corrected chi connectivity index (χ2v) is 43.6. The molecule has 0 amide bonds. The minimum Gasteiger partial charge on any atom is -0.489 e. The SMILES string of the molecule is CCCCN1CCC(c2cc(OC(C)C)c(Nc3nc(Nc4ccccc4S(=O)(=O)C(C)C)c4cc[nH]c4n3)cc2C)CC1.Cc1cc(Nc2nc(Nc3ccccc3S(=O)(=O)C(C)C)c3cc[nH]c3n2)c(OC(C)C)cc1C1CCN(CC(=O)O)CC1.Cc1cc(Nc2nc(Nc3ccccc3S(=O)(=O)C(C)C)c3cc[nH]c3n2)c(OC(C)C)cc1C1CCN(CCC(=O)O)CC1. The molecule has 0 atom stereocenters. The number of hydrogen-bond donors (Lipinski definition) is 11. The van der Waals surface area contributed by atoms with Gasteiger partial charge in [-0.2, -0.15) is 29.9 Å². The molecule has 133 heavy (non-hydrogen) atoms. The number of ether oxygens (including phenoxy) is 3. The first-order chi connectivity index (χ1) is 63.4. The number of aliphatic carboxylic acids is 2. The fourth-order valence-electron chi connectivity index (χ4n) is 17.2. The molecule has 11 N–H and O–H groups in total. The molecule has 0 unspecified atom stereocenters. The van der Waals surface area contributed by atoms with E-state index in [2.05, 4.69) is 120 Å². The van der Waals surface area contributed by atoms with E-state index < -0.39 is 57.2 Å². The van der Waals surface area contributed by atoms with Gasteiger partial charge < -0.3 is 81.1 Å². The number of carboxylic acid groups (broad SMARTS) is 2. The molecule has 31 nitrogen and oxygen atoms in total. The smallest absolute Gasteiger partial charge is 0.317 e. The highest BCUT2D eigenvalue weighted by Crippen LogP contribution is 2.45. The Morgan fingerprint density at radius 1 is 0.391 bits per heavy atom. The van der Waals surface area contributed by atoms with Crippen molar-refractivity contribution in [3.05, 3.63) is 179 Å². The molecule has 0 radical (unpaired) electrons. The number of rotatable bonds is 35. The summed E-state index contributed by atoms with van der Waals surface area (Å²) in [5.41, 5.74) is 12.5. The number of aryl methyl sites for hydroxylation is 3. The highest BCUT2D eigenvalue weighted by atomic mass is 32.2. The third-order valence-corrected chi connectivity index (χ3v) is 30.9. The predicted molar refractivity (Wildman–Crippen MR) is 529 cm³/mol. The number of carbonyl (C=O) groups is 2. The van der Waals surface area contributed by atoms with Gasteiger partial charge in [-0.05, 0) is 337 Å². The molecule has 34 heteroatoms. The van der Waals surface area contributed by atoms with E-state index in [1.807, 2.05) is 76.8 Å². The number of piperidine rings is 3. The van der Waals surface area contributed by atoms with E-state index >= 15 is 0 Å². The average Bonchev–Trinajstić information content (AvgIpc) is 1.78. The zero-order valence-electron chi connectivity index (χ0n) is 78.9. The molecule has 0 aliphatic carbocycles. The minimum atomic E-state index is -3.54. The van der Waals surface area contributed by atoms with Gasteiger partial charge in [0.2, 0.25) is 17.8 Å². The van der Waals surface area contributed by atoms with Crippen LogP contribution in [0.15, 0.2) is 161 Å². The summed E-state index contributed by atoms with van der Waals surface area (Å²) in [6, 6.07) is 38.8. The largest absolute Gasteiger partial charge is 0.489 e. The minimum absolute atomic E-state index is 0.00885. The maximum Gasteiger partial charge on any atom is 0.317 e. The summed E-state index contributed by atoms with van der Waals surface area (Å²) in [5.74, 6) is 4.14. The van der Waals surface area contributed by atoms with E-state index in [9.17, 15) is 34.8 Å². The number of carboxylic acids is 2. The van der Waals surface area contributed by atoms with Crippen LogP contribution in [0.3, 0.4) is 0 Å². The van der Waals surface area contributed by atoms with Crippen LogP contribution < -0.4 is 46.1 Å². The van der Waals surface area contributed by atoms with Crippen molar-refractivity contribution in [3.63, 3.8) is 0 Å². The zero-order valence-corrected chi connectivity index (χ0v) is 81.4. The number of likely N-dealkylation sites (tertiary alicyclic amines) is 3. The van der Waals surface area contributed by atoms with Crippen LogP contribution in [0.5, 0.6) is 17.2 Å². The lowest BCUT2D eigenvalue weighted by molar-refractivity contribution is -0.139. The summed E-state index contributed by atoms with van der Waals surface area (Å²) in [4.78, 5) is 67.5. The Hall–Kier alpha value is -12.0. The van der Waals surface area contributed by atoms with E-state index in [0.29, 0.717) is 116 Å². The van der Waals surface area contributed by atoms with Gasteiger partial charge in [0.05, 0.1) is 112 Å². The fraction of sp³-hybridized carbons (Fsp3) is 0.434. The van der Waals surface area contributed by atoms with Crippen molar-refractivity contribution in [1.82, 2.24) is 59.6 Å². The lowest BCUT2D eigenvalue weighted by Crippen LogP contribution is -2.36. The first-order valence-corrected chi connectivity index (χ1v) is 50.7. The van der Waals surface area contributed by atoms with Crippen LogP contribution in [0, 0.1) is 20.8 Å². The van der Waals surface area contributed by atoms with Crippen molar-refractivity contribution in [2.75, 3.05) is 90.8 Å². The standard InChI is InChI=1S/C34H46N6O3S.C33H42N6O5S.C32H40N6O5S/c1-7-8-17-40-18-14-25(15-19-40)27-21-30(43-22(2)3)29(20-24(27)6)37-34-38-32-26(13-16-35-32)33(39-34)36-28-11-9-10-12-31(28)44(41,42)23(4)5;1-20(2)44-28-19-25(23-11-15-39(16-12-23)17-13-30(40)41)22(5)18-27(28)36-33-37-31-24(10-14-34-31)32(38-33)35-26-8-6-7-9-29(26)45(42,43)21(3)4;1-19(2)43-27-17-24(22-11-14-38(15-12-22)18-29(39)40)21(5)16-26(27)35-32-36-30-23(10-13-33-30)31(37-32)34-25-8-6-7-9-28(25)44(41,42)20(3)4/h9-13,16,20-23,25H,7-8,14-15,17-19H2,1-6H3,(H3,35,36,37,38,39);6-10,14,18-21,23H,11-13,15-17H2,1-5H3,(H,40,41)(H3,34,35,36,37,38);6-10,13,16-17,19-20,22H,11-12,14-15,18H2,1-5H3,(H,39,40)(H3,33,34,35,36,37). The van der Waals surface area contributed by atoms with Crippen LogP contribution >= 0.6 is 0 Å². The number of H-pyrrole nitrogens is 3. The monoisotopic (exact) mass is 1870 g/mol. The first kappa shape index (κ1) is 98.6. The Labute approximate surface area is 780 Å². The van der Waals surface area contributed by atoms with Crippen LogP contribution in [0.25, 0.3) is 33.1 Å². The van der Waals surface area contributed by atoms with Gasteiger partial charge in [0.1, 0.15) is 51.6 Å². The molecule has 0 saturated carbocycles. The third-order valence-electron chi connectivity index (χ3n) is 24.3. The van der Waals surface area contributed by atoms with Crippen LogP contribution in [0.4, 0.5) is 69.4 Å². The molecule has 0 bridgehead atoms. The number of unbranched alkanes of at least 4 members (excludes halogenated alkanes) is 1. The maximum atomic E-state index is 13.1. The summed E-state index contributed by atoms with van der Waals surface area (Å²) in [6.07, 6.45) is 13.8. The molecule has 3 fully saturated rings. The van der Waals surface area contributed by atoms with Crippen molar-refractivity contribution >= 4 is 144 Å². The van der Waals surface area contributed by atoms with Crippen LogP contribution in [-0.2, 0) is 39.1 Å². The predicted octanol–water partition coefficient (Wildman–Crippen LogP) is 20.1. The Bertz CT molecular complexity index is 6450. The van der Waals surface area contributed by atoms with Crippen LogP contribution in [-0.4, -0.2) is 200 Å². The molecule has 12 aromatic rings. The van der Waals surface area contributed by atoms with Crippen molar-refractivity contribution in [1.29, 1.82) is 0 Å². The third kappa shape index (κ3) is 24.4. The summed E-state index contributed by atoms with van der Waals surface area (Å²) < 4.78 is 97.5. The Balaban J connectivity index is 0.000000169. The van der Waals surface area contributed by atoms with E-state index in [1.54, 1.807) is 127 Å². The van der Waals surface area contributed by atoms with Crippen molar-refractivity contribution in [3.8, 4) is 17.2 Å². The van der Waals surface area contributed by atoms with Crippen LogP contribution in [0.2, 0.25) is 0 Å². The number of nitrogens with one attached hydrogen (secondary N) is 9. The van der Waals surface area contributed by atoms with Gasteiger partial charge in [0.15, 0.2) is 29.5 Å². The molecule has 15 rings (SSSR count). The molecule has 0 spiro atoms. The topological polar surface area (TPSA) is 411 Å². The van der Waals surface area contributed by atoms with E-state index in [-0.39, 0.29) is 46.0 Å². The Morgan fingerprint density at radius 3 is 0.962 bits per heavy atom. The van der Waals surface area contributed by atoms with Crippen molar-refractivity contribution in [2.24, 2.45) is 0 Å². The van der Waals surface area contributed by atoms with Gasteiger partial charge in [0, 0.05) is 25.1 Å². The summed E-state index contributed by atoms with van der Waals surface area (Å²) in [5, 5.41) is 38.6. The van der Waals surface area contributed by atoms with Crippen molar-refractivity contribution < 1.29 is 59.3 Å². The van der Waals surface area contributed by atoms with Gasteiger partial charge in [-0.3, -0.25) is 14.5 Å². The number of benzene rings is 6. The molecule has 3 saturated heterocycles. The molecule has 6 aromatic carbocycles. The molecular weight excluding hydrogens is 1750 g/mol. The number of hydrogen-bond acceptors (Lipinski definition) is 26. The first-order valence-electron chi connectivity index (χ1n) is 46.1. The highest BCUT2D eigenvalue weighted by Gasteiger charge is 2.32. The molecule has 3 aliphatic rings. The second kappa shape index (κ2) is 43.4. The lowest BCUT2D eigenvalue weighted by Gasteiger charge is -2.33. The number of fused-ring (bicyclic) bond motifs is 3. The number of aromatic nitrogens is 9. The van der Waals surface area contributed by atoms with Gasteiger partial charge >= 0.3 is 11.9 Å². The molecule has 710 valence electrons. The normalized spacial score (nSPS) is 14.8. The quantitative estimate of drug-likeness (QED) is 0.0176. The number of sulfone groups is 3. The van der Waals surface area contributed by atoms with Crippen LogP contribution in [0.1, 0.15) is 199 Å². The van der Waals surface area contributed by atoms with Gasteiger partial charge in [-0.15, -0.1) is 0 Å². The molecule has 3 aliphatic heterocycles. The number of aromatic amines is 3. The fourth-order valence-corrected chi connectivity index (χ4v) is 20.8. The summed E-state index contributed by atoms with van der Waals surface area (Å²) >= 11 is 0. The van der Waals surface area contributed by atoms with Gasteiger partial charge in [-0.1, -0.05) is 49.7 Å².